The molecule has 0 bridgehead atoms. The first kappa shape index (κ1) is 22.3. The fourth-order valence-corrected chi connectivity index (χ4v) is 3.60. The first-order valence-electron chi connectivity index (χ1n) is 8.34. The third-order valence-electron chi connectivity index (χ3n) is 3.40. The fourth-order valence-electron chi connectivity index (χ4n) is 2.26. The molecule has 0 radical (unpaired) electrons. The zero-order chi connectivity index (χ0) is 21.4. The van der Waals surface area contributed by atoms with Gasteiger partial charge in [0.15, 0.2) is 0 Å². The average molecular weight is 441 g/mol. The molecule has 0 aliphatic carbocycles. The minimum atomic E-state index is -4.18. The molecule has 0 fully saturated rings. The monoisotopic (exact) mass is 440 g/mol. The van der Waals surface area contributed by atoms with Crippen LogP contribution in [0.4, 0.5) is 0 Å². The van der Waals surface area contributed by atoms with Gasteiger partial charge in [0.05, 0.1) is 13.7 Å². The van der Waals surface area contributed by atoms with Crippen LogP contribution in [0.1, 0.15) is 12.0 Å². The van der Waals surface area contributed by atoms with E-state index in [2.05, 4.69) is 10.2 Å². The number of rotatable bonds is 9. The Morgan fingerprint density at radius 1 is 1.17 bits per heavy atom. The molecular weight excluding hydrogens is 420 g/mol. The van der Waals surface area contributed by atoms with Crippen molar-refractivity contribution in [2.75, 3.05) is 13.7 Å². The summed E-state index contributed by atoms with van der Waals surface area (Å²) in [6, 6.07) is 9.02. The molecule has 0 saturated heterocycles. The smallest absolute Gasteiger partial charge is 0.342 e. The number of guanidine groups is 1. The van der Waals surface area contributed by atoms with E-state index in [1.807, 2.05) is 0 Å². The lowest BCUT2D eigenvalue weighted by Crippen LogP contribution is -2.21. The number of hydrogen-bond acceptors (Lipinski definition) is 7. The zero-order valence-corrected chi connectivity index (χ0v) is 17.4. The lowest BCUT2D eigenvalue weighted by Gasteiger charge is -2.13. The van der Waals surface area contributed by atoms with Gasteiger partial charge in [-0.2, -0.15) is 13.5 Å². The molecule has 2 aromatic carbocycles. The third kappa shape index (κ3) is 6.84. The van der Waals surface area contributed by atoms with Crippen molar-refractivity contribution in [3.63, 3.8) is 0 Å². The van der Waals surface area contributed by atoms with Crippen molar-refractivity contribution in [2.24, 2.45) is 21.7 Å². The number of nitrogens with two attached hydrogens (primary N) is 2. The van der Waals surface area contributed by atoms with E-state index in [1.165, 1.54) is 37.6 Å². The topological polar surface area (TPSA) is 139 Å². The molecule has 0 saturated carbocycles. The lowest BCUT2D eigenvalue weighted by atomic mass is 10.2. The highest BCUT2D eigenvalue weighted by molar-refractivity contribution is 7.87. The van der Waals surface area contributed by atoms with Crippen LogP contribution in [0.3, 0.4) is 0 Å². The van der Waals surface area contributed by atoms with Crippen LogP contribution in [0.15, 0.2) is 51.5 Å². The van der Waals surface area contributed by atoms with Crippen LogP contribution in [0, 0.1) is 6.92 Å². The van der Waals surface area contributed by atoms with Gasteiger partial charge in [-0.3, -0.25) is 0 Å². The van der Waals surface area contributed by atoms with Gasteiger partial charge in [0, 0.05) is 23.7 Å². The Kier molecular flexibility index (Phi) is 7.68. The van der Waals surface area contributed by atoms with Crippen molar-refractivity contribution in [3.8, 4) is 17.2 Å². The Morgan fingerprint density at radius 2 is 1.90 bits per heavy atom. The maximum Gasteiger partial charge on any atom is 0.342 e. The number of benzene rings is 2. The quantitative estimate of drug-likeness (QED) is 0.201. The van der Waals surface area contributed by atoms with E-state index in [4.69, 9.17) is 36.7 Å². The molecule has 0 atom stereocenters. The zero-order valence-electron chi connectivity index (χ0n) is 15.8. The molecule has 29 heavy (non-hydrogen) atoms. The summed E-state index contributed by atoms with van der Waals surface area (Å²) in [6.07, 6.45) is 1.93. The number of ether oxygens (including phenoxy) is 2. The van der Waals surface area contributed by atoms with Crippen molar-refractivity contribution in [3.05, 3.63) is 47.0 Å². The Balaban J connectivity index is 2.14. The maximum absolute atomic E-state index is 12.7. The van der Waals surface area contributed by atoms with E-state index >= 15 is 0 Å². The minimum absolute atomic E-state index is 0.0937. The summed E-state index contributed by atoms with van der Waals surface area (Å²) < 4.78 is 41.3. The Labute approximate surface area is 174 Å². The third-order valence-corrected chi connectivity index (χ3v) is 4.90. The van der Waals surface area contributed by atoms with Crippen molar-refractivity contribution in [1.29, 1.82) is 0 Å². The first-order valence-corrected chi connectivity index (χ1v) is 10.1. The predicted molar refractivity (Wildman–Crippen MR) is 111 cm³/mol. The lowest BCUT2D eigenvalue weighted by molar-refractivity contribution is 0.329. The molecule has 156 valence electrons. The van der Waals surface area contributed by atoms with Crippen LogP contribution in [0.2, 0.25) is 5.02 Å². The number of nitrogens with zero attached hydrogens (tertiary/aromatic N) is 2. The largest absolute Gasteiger partial charge is 0.495 e. The van der Waals surface area contributed by atoms with Gasteiger partial charge in [-0.05, 0) is 42.8 Å². The van der Waals surface area contributed by atoms with E-state index in [-0.39, 0.29) is 34.0 Å². The summed E-state index contributed by atoms with van der Waals surface area (Å²) in [5, 5.41) is 7.35. The molecule has 0 spiro atoms. The second kappa shape index (κ2) is 9.99. The second-order valence-corrected chi connectivity index (χ2v) is 7.73. The average Bonchev–Trinajstić information content (AvgIpc) is 2.63. The van der Waals surface area contributed by atoms with Crippen molar-refractivity contribution in [1.82, 2.24) is 0 Å². The van der Waals surface area contributed by atoms with Gasteiger partial charge in [0.1, 0.15) is 22.1 Å². The molecule has 0 unspecified atom stereocenters. The highest BCUT2D eigenvalue weighted by atomic mass is 35.5. The van der Waals surface area contributed by atoms with Crippen LogP contribution in [-0.4, -0.2) is 34.3 Å². The summed E-state index contributed by atoms with van der Waals surface area (Å²) in [4.78, 5) is -0.174. The van der Waals surface area contributed by atoms with Crippen molar-refractivity contribution >= 4 is 33.9 Å². The van der Waals surface area contributed by atoms with Gasteiger partial charge in [-0.25, -0.2) is 0 Å². The van der Waals surface area contributed by atoms with Crippen LogP contribution in [-0.2, 0) is 10.1 Å². The van der Waals surface area contributed by atoms with Crippen LogP contribution >= 0.6 is 11.6 Å². The SMILES string of the molecule is COc1ccc(Cl)cc1S(=O)(=O)Oc1cc(C)cc(OCC/C=N\N=C(N)N)c1. The van der Waals surface area contributed by atoms with Crippen molar-refractivity contribution < 1.29 is 22.1 Å². The summed E-state index contributed by atoms with van der Waals surface area (Å²) in [5.41, 5.74) is 11.1. The molecule has 0 aliphatic rings. The van der Waals surface area contributed by atoms with Gasteiger partial charge < -0.3 is 25.1 Å². The molecule has 0 heterocycles. The Bertz CT molecular complexity index is 1020. The molecule has 4 N–H and O–H groups in total. The normalized spacial score (nSPS) is 11.3. The van der Waals surface area contributed by atoms with Gasteiger partial charge in [0.25, 0.3) is 0 Å². The van der Waals surface area contributed by atoms with Gasteiger partial charge in [-0.1, -0.05) is 11.6 Å². The Morgan fingerprint density at radius 3 is 2.59 bits per heavy atom. The molecule has 11 heteroatoms. The number of aryl methyl sites for hydroxylation is 1. The summed E-state index contributed by atoms with van der Waals surface area (Å²) in [6.45, 7) is 2.06. The molecule has 0 amide bonds. The summed E-state index contributed by atoms with van der Waals surface area (Å²) >= 11 is 5.92. The second-order valence-electron chi connectivity index (χ2n) is 5.77. The molecule has 2 aromatic rings. The van der Waals surface area contributed by atoms with Crippen molar-refractivity contribution in [2.45, 2.75) is 18.2 Å². The molecule has 9 nitrogen and oxygen atoms in total. The number of methoxy groups -OCH3 is 1. The molecular formula is C18H21ClN4O5S. The van der Waals surface area contributed by atoms with E-state index in [0.29, 0.717) is 12.2 Å². The highest BCUT2D eigenvalue weighted by Gasteiger charge is 2.23. The number of hydrogen-bond donors (Lipinski definition) is 2. The summed E-state index contributed by atoms with van der Waals surface area (Å²) in [5.74, 6) is 0.512. The van der Waals surface area contributed by atoms with E-state index in [9.17, 15) is 8.42 Å². The van der Waals surface area contributed by atoms with Crippen LogP contribution in [0.5, 0.6) is 17.2 Å². The summed E-state index contributed by atoms with van der Waals surface area (Å²) in [7, 11) is -2.82. The standard InChI is InChI=1S/C18H21ClN4O5S/c1-12-8-14(27-7-3-6-22-23-18(20)21)11-15(9-12)28-29(24,25)17-10-13(19)4-5-16(17)26-2/h4-6,8-11H,3,7H2,1-2H3,(H4,20,21,23)/b22-6-. The molecule has 0 aromatic heterocycles. The van der Waals surface area contributed by atoms with Crippen LogP contribution in [0.25, 0.3) is 0 Å². The van der Waals surface area contributed by atoms with E-state index in [0.717, 1.165) is 5.56 Å². The first-order chi connectivity index (χ1) is 13.7. The predicted octanol–water partition coefficient (Wildman–Crippen LogP) is 2.45. The van der Waals surface area contributed by atoms with Crippen LogP contribution < -0.4 is 25.1 Å². The molecule has 2 rings (SSSR count). The minimum Gasteiger partial charge on any atom is -0.495 e. The highest BCUT2D eigenvalue weighted by Crippen LogP contribution is 2.31. The van der Waals surface area contributed by atoms with E-state index < -0.39 is 10.1 Å². The van der Waals surface area contributed by atoms with Gasteiger partial charge >= 0.3 is 10.1 Å². The fraction of sp³-hybridized carbons (Fsp3) is 0.222. The molecule has 0 aliphatic heterocycles. The Hall–Kier alpha value is -2.98. The van der Waals surface area contributed by atoms with Gasteiger partial charge in [0.2, 0.25) is 5.96 Å². The van der Waals surface area contributed by atoms with E-state index in [1.54, 1.807) is 19.1 Å². The maximum atomic E-state index is 12.7. The number of halogens is 1. The van der Waals surface area contributed by atoms with Gasteiger partial charge in [-0.15, -0.1) is 5.10 Å².